The van der Waals surface area contributed by atoms with E-state index >= 15 is 0 Å². The molecule has 0 spiro atoms. The van der Waals surface area contributed by atoms with E-state index < -0.39 is 0 Å². The van der Waals surface area contributed by atoms with E-state index in [1.165, 1.54) is 86.2 Å². The fourth-order valence-corrected chi connectivity index (χ4v) is 13.0. The standard InChI is InChI=1S/C17H13N.C17H12.C15H14O.C15H14.C10H9N.C9H8O.C9H12.C8H8O2.C7H9N.C7H8.C5H5BrS/c1-14-10-12-15(13-11-14)6-2-3-7-16-8-4-5-9-17(16)18;1-15-11-13-17(14-12-15)10-6-5-9-16-7-3-2-4-8-16;1-12-7-9-14(10-8-12)15(16)11-13-5-3-2-4-6-13;1-13-7-9-15(10-8-13)12-11-14-5-3-2-4-6-14;1-8-6-7-9-4-2-3-5-10(9)11-8;1-7-6-8-4-2-3-5-9(8)10-7;1-7-4-5-8(2)9(3)6-7;1-6-2-3-7-8(4-6)10-5-9-7;1-6-3-4-7(2)8-5-6;1-7-5-3-2-4-6-7;1-4-2-3-5(6)7-4/h4-5,8-13H,18H2,1H3;2-4,7-8,11-14H,1H3;2-10H,11H2,1H3;2-12H,1H3;2-7H,1H3;2-6H,1H3;4-6H,1-3H3;2-4H,5H2,1H3;3-5H,1-2H3;2-6H,1H3;2-3H,1H3/b;;;12-11+;;;;;;;. The number of carbonyl (C=O) groups is 1. The van der Waals surface area contributed by atoms with Crippen LogP contribution in [0.3, 0.4) is 0 Å². The third-order valence-corrected chi connectivity index (χ3v) is 20.4. The number of hydrogen-bond donors (Lipinski definition) is 1. The van der Waals surface area contributed by atoms with Crippen LogP contribution in [0.25, 0.3) is 34.0 Å². The van der Waals surface area contributed by atoms with Crippen LogP contribution in [0.15, 0.2) is 384 Å². The van der Waals surface area contributed by atoms with Gasteiger partial charge in [-0.25, -0.2) is 0 Å². The van der Waals surface area contributed by atoms with Gasteiger partial charge < -0.3 is 19.6 Å². The molecule has 0 radical (unpaired) electrons. The van der Waals surface area contributed by atoms with Crippen LogP contribution in [0.4, 0.5) is 5.69 Å². The van der Waals surface area contributed by atoms with Gasteiger partial charge in [-0.2, -0.15) is 0 Å². The van der Waals surface area contributed by atoms with Crippen LogP contribution < -0.4 is 15.2 Å². The normalized spacial score (nSPS) is 9.90. The maximum Gasteiger partial charge on any atom is 0.231 e. The number of hydrogen-bond acceptors (Lipinski definition) is 8. The zero-order chi connectivity index (χ0) is 91.5. The molecule has 18 rings (SSSR count). The van der Waals surface area contributed by atoms with Crippen LogP contribution in [0, 0.1) is 144 Å². The molecule has 17 aromatic rings. The summed E-state index contributed by atoms with van der Waals surface area (Å²) in [6.07, 6.45) is 6.61. The highest BCUT2D eigenvalue weighted by Gasteiger charge is 2.12. The van der Waals surface area contributed by atoms with Crippen molar-refractivity contribution >= 4 is 72.8 Å². The number of ether oxygens (including phenoxy) is 2. The van der Waals surface area contributed by atoms with Crippen molar-refractivity contribution in [1.82, 2.24) is 9.97 Å². The second kappa shape index (κ2) is 55.4. The molecule has 0 unspecified atom stereocenters. The van der Waals surface area contributed by atoms with E-state index in [1.54, 1.807) is 11.3 Å². The number of furan rings is 1. The molecule has 9 heteroatoms. The van der Waals surface area contributed by atoms with Gasteiger partial charge in [0, 0.05) is 73.2 Å². The lowest BCUT2D eigenvalue weighted by Crippen LogP contribution is -2.03. The highest BCUT2D eigenvalue weighted by Crippen LogP contribution is 2.32. The molecule has 128 heavy (non-hydrogen) atoms. The Morgan fingerprint density at radius 1 is 0.383 bits per heavy atom. The third kappa shape index (κ3) is 39.4. The molecule has 0 bridgehead atoms. The van der Waals surface area contributed by atoms with Gasteiger partial charge in [-0.15, -0.1) is 11.3 Å². The van der Waals surface area contributed by atoms with Crippen molar-refractivity contribution in [3.05, 3.63) is 502 Å². The Morgan fingerprint density at radius 2 is 0.844 bits per heavy atom. The van der Waals surface area contributed by atoms with Gasteiger partial charge in [-0.05, 0) is 279 Å². The molecule has 13 aromatic carbocycles. The number of nitrogens with zero attached hydrogens (tertiary/aromatic N) is 2. The number of benzene rings is 13. The van der Waals surface area contributed by atoms with Crippen LogP contribution in [0.5, 0.6) is 11.5 Å². The first-order chi connectivity index (χ1) is 61.9. The minimum absolute atomic E-state index is 0.172. The Kier molecular flexibility index (Phi) is 42.7. The molecule has 0 saturated carbocycles. The number of nitrogen functional groups attached to an aromatic ring is 1. The lowest BCUT2D eigenvalue weighted by Gasteiger charge is -2.01. The zero-order valence-corrected chi connectivity index (χ0v) is 78.2. The zero-order valence-electron chi connectivity index (χ0n) is 75.8. The summed E-state index contributed by atoms with van der Waals surface area (Å²) in [5.74, 6) is 26.2. The first-order valence-electron chi connectivity index (χ1n) is 42.3. The summed E-state index contributed by atoms with van der Waals surface area (Å²) in [5.41, 5.74) is 31.5. The molecule has 0 atom stereocenters. The summed E-state index contributed by atoms with van der Waals surface area (Å²) in [6.45, 7) is 29.2. The Bertz CT molecular complexity index is 6430. The molecule has 4 aromatic heterocycles. The molecular formula is C119H112BrN3O4S. The summed E-state index contributed by atoms with van der Waals surface area (Å²) in [5, 5.41) is 2.39. The molecule has 7 nitrogen and oxygen atoms in total. The summed E-state index contributed by atoms with van der Waals surface area (Å²) < 4.78 is 16.9. The maximum atomic E-state index is 11.9. The van der Waals surface area contributed by atoms with Crippen molar-refractivity contribution in [3.8, 4) is 58.9 Å². The number of para-hydroxylation sites is 3. The molecule has 0 saturated heterocycles. The molecule has 0 amide bonds. The molecule has 1 aliphatic heterocycles. The summed E-state index contributed by atoms with van der Waals surface area (Å²) in [6, 6.07) is 123. The minimum Gasteiger partial charge on any atom is -0.461 e. The fourth-order valence-electron chi connectivity index (χ4n) is 11.5. The van der Waals surface area contributed by atoms with Gasteiger partial charge in [-0.3, -0.25) is 14.8 Å². The minimum atomic E-state index is 0.172. The number of thiophene rings is 1. The third-order valence-electron chi connectivity index (χ3n) is 18.9. The number of fused-ring (bicyclic) bond motifs is 3. The lowest BCUT2D eigenvalue weighted by atomic mass is 10.0. The van der Waals surface area contributed by atoms with Gasteiger partial charge in [0.2, 0.25) is 6.79 Å². The fraction of sp³-hybridized carbons (Fsp3) is 0.134. The Balaban J connectivity index is 0.000000176. The topological polar surface area (TPSA) is 100 Å². The number of anilines is 1. The van der Waals surface area contributed by atoms with Crippen molar-refractivity contribution in [2.24, 2.45) is 0 Å². The molecule has 2 N–H and O–H groups in total. The molecule has 1 aliphatic rings. The van der Waals surface area contributed by atoms with Gasteiger partial charge in [-0.1, -0.05) is 336 Å². The van der Waals surface area contributed by atoms with Crippen molar-refractivity contribution in [1.29, 1.82) is 0 Å². The number of aromatic nitrogens is 2. The lowest BCUT2D eigenvalue weighted by molar-refractivity contribution is 0.0993. The van der Waals surface area contributed by atoms with E-state index in [9.17, 15) is 4.79 Å². The number of Topliss-reactive ketones (excluding diaryl/α,β-unsaturated/α-hetero) is 1. The Hall–Kier alpha value is -14.8. The predicted molar refractivity (Wildman–Crippen MR) is 546 cm³/mol. The SMILES string of the molecule is Cc1cc2ccccc2o1.Cc1ccc(/C=C/c2ccccc2)cc1.Cc1ccc(Br)s1.Cc1ccc(C#CC#Cc2ccccc2)cc1.Cc1ccc(C#CC#Cc2ccccc2N)cc1.Cc1ccc(C(=O)Cc2ccccc2)cc1.Cc1ccc(C)c(C)c1.Cc1ccc(C)nc1.Cc1ccc2c(c1)OCO2.Cc1ccc2ccccc2n1.Cc1ccccc1. The summed E-state index contributed by atoms with van der Waals surface area (Å²) in [4.78, 5) is 21.7. The van der Waals surface area contributed by atoms with E-state index in [2.05, 4.69) is 262 Å². The Morgan fingerprint density at radius 3 is 1.37 bits per heavy atom. The van der Waals surface area contributed by atoms with Crippen LogP contribution in [-0.4, -0.2) is 22.5 Å². The average Bonchev–Trinajstić information content (AvgIpc) is 1.71. The maximum absolute atomic E-state index is 11.9. The predicted octanol–water partition coefficient (Wildman–Crippen LogP) is 30.1. The first-order valence-corrected chi connectivity index (χ1v) is 43.9. The van der Waals surface area contributed by atoms with Gasteiger partial charge in [0.05, 0.1) is 9.30 Å². The van der Waals surface area contributed by atoms with E-state index in [0.717, 1.165) is 73.1 Å². The number of ketones is 1. The number of halogens is 1. The summed E-state index contributed by atoms with van der Waals surface area (Å²) in [7, 11) is 0. The monoisotopic (exact) mass is 1760 g/mol. The van der Waals surface area contributed by atoms with E-state index in [0.29, 0.717) is 18.9 Å². The molecule has 640 valence electrons. The van der Waals surface area contributed by atoms with E-state index in [4.69, 9.17) is 19.6 Å². The molecule has 0 aliphatic carbocycles. The molecular weight excluding hydrogens is 1650 g/mol. The highest BCUT2D eigenvalue weighted by atomic mass is 79.9. The van der Waals surface area contributed by atoms with Crippen molar-refractivity contribution < 1.29 is 18.7 Å². The quantitative estimate of drug-likeness (QED) is 0.0793. The van der Waals surface area contributed by atoms with Crippen molar-refractivity contribution in [2.75, 3.05) is 12.5 Å². The van der Waals surface area contributed by atoms with Gasteiger partial charge in [0.25, 0.3) is 0 Å². The second-order valence-corrected chi connectivity index (χ2v) is 32.9. The number of pyridine rings is 2. The van der Waals surface area contributed by atoms with Gasteiger partial charge >= 0.3 is 0 Å². The van der Waals surface area contributed by atoms with Crippen LogP contribution in [-0.2, 0) is 6.42 Å². The van der Waals surface area contributed by atoms with Crippen LogP contribution in [0.2, 0.25) is 0 Å². The van der Waals surface area contributed by atoms with Gasteiger partial charge in [0.1, 0.15) is 11.3 Å². The van der Waals surface area contributed by atoms with Gasteiger partial charge in [0.15, 0.2) is 17.3 Å². The first kappa shape index (κ1) is 98.6. The largest absolute Gasteiger partial charge is 0.461 e. The average molecular weight is 1760 g/mol. The van der Waals surface area contributed by atoms with Crippen molar-refractivity contribution in [2.45, 2.75) is 103 Å². The second-order valence-electron chi connectivity index (χ2n) is 30.3. The molecule has 0 fully saturated rings. The Labute approximate surface area is 772 Å². The summed E-state index contributed by atoms with van der Waals surface area (Å²) >= 11 is 5.11. The number of carbonyl (C=O) groups excluding carboxylic acids is 1. The van der Waals surface area contributed by atoms with E-state index in [1.807, 2.05) is 296 Å². The molecule has 5 heterocycles. The highest BCUT2D eigenvalue weighted by molar-refractivity contribution is 9.11. The van der Waals surface area contributed by atoms with Crippen LogP contribution >= 0.6 is 27.3 Å². The smallest absolute Gasteiger partial charge is 0.231 e. The number of nitrogens with two attached hydrogens (primary N) is 1. The van der Waals surface area contributed by atoms with Crippen molar-refractivity contribution in [3.63, 3.8) is 0 Å². The number of aryl methyl sites for hydroxylation is 14. The number of rotatable bonds is 5. The van der Waals surface area contributed by atoms with Crippen LogP contribution in [0.1, 0.15) is 127 Å². The van der Waals surface area contributed by atoms with E-state index in [-0.39, 0.29) is 5.78 Å².